The molecule has 2 rings (SSSR count). The van der Waals surface area contributed by atoms with Crippen LogP contribution < -0.4 is 10.1 Å². The van der Waals surface area contributed by atoms with Gasteiger partial charge >= 0.3 is 6.36 Å². The lowest BCUT2D eigenvalue weighted by Gasteiger charge is -2.09. The van der Waals surface area contributed by atoms with Crippen LogP contribution in [0.1, 0.15) is 5.56 Å². The molecule has 2 aromatic rings. The number of nitrogens with one attached hydrogen (secondary N) is 1. The zero-order valence-electron chi connectivity index (χ0n) is 8.94. The summed E-state index contributed by atoms with van der Waals surface area (Å²) in [6.07, 6.45) is -3.08. The number of aromatic nitrogens is 2. The Hall–Kier alpha value is -1.83. The van der Waals surface area contributed by atoms with Crippen LogP contribution in [0.5, 0.6) is 5.75 Å². The van der Waals surface area contributed by atoms with E-state index >= 15 is 0 Å². The van der Waals surface area contributed by atoms with Crippen LogP contribution in [0, 0.1) is 0 Å². The Morgan fingerprint density at radius 3 is 2.50 bits per heavy atom. The third-order valence-corrected chi connectivity index (χ3v) is 2.61. The summed E-state index contributed by atoms with van der Waals surface area (Å²) in [7, 11) is 0. The molecule has 0 saturated heterocycles. The Morgan fingerprint density at radius 2 is 1.94 bits per heavy atom. The first-order valence-corrected chi connectivity index (χ1v) is 5.66. The number of nitrogens with zero attached hydrogens (tertiary/aromatic N) is 2. The van der Waals surface area contributed by atoms with Gasteiger partial charge in [-0.25, -0.2) is 0 Å². The van der Waals surface area contributed by atoms with E-state index in [1.165, 1.54) is 23.7 Å². The van der Waals surface area contributed by atoms with Gasteiger partial charge in [0.05, 0.1) is 6.20 Å². The van der Waals surface area contributed by atoms with Crippen LogP contribution in [0.4, 0.5) is 18.2 Å². The van der Waals surface area contributed by atoms with Gasteiger partial charge in [-0.2, -0.15) is 0 Å². The van der Waals surface area contributed by atoms with E-state index in [-0.39, 0.29) is 5.75 Å². The molecule has 0 unspecified atom stereocenters. The normalized spacial score (nSPS) is 11.3. The van der Waals surface area contributed by atoms with E-state index in [0.29, 0.717) is 6.54 Å². The van der Waals surface area contributed by atoms with Gasteiger partial charge in [-0.15, -0.1) is 18.3 Å². The fourth-order valence-corrected chi connectivity index (χ4v) is 1.66. The number of hydrogen-bond donors (Lipinski definition) is 1. The van der Waals surface area contributed by atoms with E-state index in [9.17, 15) is 13.2 Å². The monoisotopic (exact) mass is 275 g/mol. The summed E-state index contributed by atoms with van der Waals surface area (Å²) in [6, 6.07) is 5.66. The van der Waals surface area contributed by atoms with Gasteiger partial charge < -0.3 is 10.1 Å². The largest absolute Gasteiger partial charge is 0.573 e. The Morgan fingerprint density at radius 1 is 1.22 bits per heavy atom. The lowest BCUT2D eigenvalue weighted by molar-refractivity contribution is -0.274. The lowest BCUT2D eigenvalue weighted by Crippen LogP contribution is -2.17. The van der Waals surface area contributed by atoms with E-state index in [2.05, 4.69) is 19.6 Å². The number of ether oxygens (including phenoxy) is 1. The Labute approximate surface area is 105 Å². The Balaban J connectivity index is 1.91. The summed E-state index contributed by atoms with van der Waals surface area (Å²) < 4.78 is 43.2. The number of hydrogen-bond acceptors (Lipinski definition) is 5. The van der Waals surface area contributed by atoms with Crippen LogP contribution in [0.3, 0.4) is 0 Å². The molecule has 4 nitrogen and oxygen atoms in total. The van der Waals surface area contributed by atoms with Gasteiger partial charge in [0.1, 0.15) is 10.8 Å². The summed E-state index contributed by atoms with van der Waals surface area (Å²) in [5.74, 6) is -0.231. The van der Waals surface area contributed by atoms with Crippen molar-refractivity contribution in [2.75, 3.05) is 5.32 Å². The second kappa shape index (κ2) is 5.21. The molecule has 8 heteroatoms. The minimum atomic E-state index is -4.66. The van der Waals surface area contributed by atoms with Crippen LogP contribution in [0.25, 0.3) is 0 Å². The van der Waals surface area contributed by atoms with Crippen molar-refractivity contribution in [2.45, 2.75) is 12.9 Å². The number of anilines is 1. The maximum Gasteiger partial charge on any atom is 0.573 e. The van der Waals surface area contributed by atoms with Crippen molar-refractivity contribution in [1.29, 1.82) is 0 Å². The highest BCUT2D eigenvalue weighted by molar-refractivity contribution is 7.09. The first-order chi connectivity index (χ1) is 8.53. The average molecular weight is 275 g/mol. The van der Waals surface area contributed by atoms with Gasteiger partial charge in [0, 0.05) is 18.1 Å². The molecule has 1 aromatic carbocycles. The molecule has 0 aliphatic heterocycles. The number of alkyl halides is 3. The fraction of sp³-hybridized carbons (Fsp3) is 0.200. The fourth-order valence-electron chi connectivity index (χ4n) is 1.24. The van der Waals surface area contributed by atoms with Crippen LogP contribution in [-0.4, -0.2) is 15.9 Å². The smallest absolute Gasteiger partial charge is 0.406 e. The van der Waals surface area contributed by atoms with Crippen LogP contribution >= 0.6 is 11.5 Å². The van der Waals surface area contributed by atoms with Gasteiger partial charge in [-0.3, -0.25) is 0 Å². The van der Waals surface area contributed by atoms with Gasteiger partial charge in [0.15, 0.2) is 0 Å². The zero-order valence-corrected chi connectivity index (χ0v) is 9.76. The topological polar surface area (TPSA) is 47.0 Å². The predicted molar refractivity (Wildman–Crippen MR) is 60.4 cm³/mol. The van der Waals surface area contributed by atoms with Gasteiger partial charge in [-0.05, 0) is 17.7 Å². The Kier molecular flexibility index (Phi) is 3.66. The standard InChI is InChI=1S/C10H8F3N3OS/c11-10(12,13)17-8-3-1-7(2-4-8)5-14-9-6-15-16-18-9/h1-4,6,14H,5H2. The molecule has 1 heterocycles. The molecule has 1 N–H and O–H groups in total. The van der Waals surface area contributed by atoms with Crippen LogP contribution in [0.2, 0.25) is 0 Å². The van der Waals surface area contributed by atoms with Crippen molar-refractivity contribution < 1.29 is 17.9 Å². The molecule has 0 fully saturated rings. The first kappa shape index (κ1) is 12.6. The molecular formula is C10H8F3N3OS. The van der Waals surface area contributed by atoms with Crippen LogP contribution in [0.15, 0.2) is 30.5 Å². The van der Waals surface area contributed by atoms with Gasteiger partial charge in [-0.1, -0.05) is 16.6 Å². The molecule has 0 aliphatic rings. The summed E-state index contributed by atoms with van der Waals surface area (Å²) >= 11 is 1.21. The van der Waals surface area contributed by atoms with Crippen molar-refractivity contribution in [3.05, 3.63) is 36.0 Å². The molecule has 0 spiro atoms. The minimum Gasteiger partial charge on any atom is -0.406 e. The predicted octanol–water partition coefficient (Wildman–Crippen LogP) is 3.05. The second-order valence-electron chi connectivity index (χ2n) is 3.33. The van der Waals surface area contributed by atoms with E-state index in [4.69, 9.17) is 0 Å². The second-order valence-corrected chi connectivity index (χ2v) is 4.11. The number of rotatable bonds is 4. The highest BCUT2D eigenvalue weighted by atomic mass is 32.1. The van der Waals surface area contributed by atoms with E-state index in [0.717, 1.165) is 10.6 Å². The molecule has 0 saturated carbocycles. The molecular weight excluding hydrogens is 267 g/mol. The number of benzene rings is 1. The van der Waals surface area contributed by atoms with E-state index in [1.54, 1.807) is 18.3 Å². The molecule has 0 atom stereocenters. The van der Waals surface area contributed by atoms with Crippen molar-refractivity contribution in [2.24, 2.45) is 0 Å². The minimum absolute atomic E-state index is 0.231. The Bertz CT molecular complexity index is 484. The van der Waals surface area contributed by atoms with Crippen molar-refractivity contribution in [3.63, 3.8) is 0 Å². The lowest BCUT2D eigenvalue weighted by atomic mass is 10.2. The van der Waals surface area contributed by atoms with Gasteiger partial charge in [0.25, 0.3) is 0 Å². The summed E-state index contributed by atoms with van der Waals surface area (Å²) in [6.45, 7) is 0.482. The number of halogens is 3. The van der Waals surface area contributed by atoms with Crippen LogP contribution in [-0.2, 0) is 6.54 Å². The SMILES string of the molecule is FC(F)(F)Oc1ccc(CNc2cnns2)cc1. The molecule has 96 valence electrons. The van der Waals surface area contributed by atoms with Gasteiger partial charge in [0.2, 0.25) is 0 Å². The maximum absolute atomic E-state index is 11.9. The molecule has 0 aliphatic carbocycles. The van der Waals surface area contributed by atoms with E-state index < -0.39 is 6.36 Å². The van der Waals surface area contributed by atoms with Crippen molar-refractivity contribution in [3.8, 4) is 5.75 Å². The third kappa shape index (κ3) is 3.88. The average Bonchev–Trinajstić information content (AvgIpc) is 2.79. The first-order valence-electron chi connectivity index (χ1n) is 4.89. The summed E-state index contributed by atoms with van der Waals surface area (Å²) in [4.78, 5) is 0. The molecule has 0 bridgehead atoms. The molecule has 18 heavy (non-hydrogen) atoms. The highest BCUT2D eigenvalue weighted by Gasteiger charge is 2.30. The van der Waals surface area contributed by atoms with Crippen molar-refractivity contribution >= 4 is 16.5 Å². The molecule has 0 amide bonds. The maximum atomic E-state index is 11.9. The zero-order chi connectivity index (χ0) is 13.0. The molecule has 1 aromatic heterocycles. The highest BCUT2D eigenvalue weighted by Crippen LogP contribution is 2.23. The van der Waals surface area contributed by atoms with Crippen molar-refractivity contribution in [1.82, 2.24) is 9.59 Å². The van der Waals surface area contributed by atoms with E-state index in [1.807, 2.05) is 0 Å². The third-order valence-electron chi connectivity index (χ3n) is 1.98. The molecule has 0 radical (unpaired) electrons. The summed E-state index contributed by atoms with van der Waals surface area (Å²) in [5, 5.41) is 7.49. The summed E-state index contributed by atoms with van der Waals surface area (Å²) in [5.41, 5.74) is 0.831. The quantitative estimate of drug-likeness (QED) is 0.931.